The number of carbonyl (C=O) groups excluding carboxylic acids is 2. The average molecular weight is 358 g/mol. The zero-order chi connectivity index (χ0) is 16.9. The monoisotopic (exact) mass is 358 g/mol. The van der Waals surface area contributed by atoms with Gasteiger partial charge in [-0.25, -0.2) is 0 Å². The van der Waals surface area contributed by atoms with Gasteiger partial charge in [0.15, 0.2) is 0 Å². The molecule has 24 heavy (non-hydrogen) atoms. The second kappa shape index (κ2) is 7.77. The van der Waals surface area contributed by atoms with Crippen molar-refractivity contribution in [2.24, 2.45) is 0 Å². The summed E-state index contributed by atoms with van der Waals surface area (Å²) in [6, 6.07) is 9.86. The molecule has 2 aliphatic heterocycles. The topological polar surface area (TPSA) is 40.6 Å². The number of allylic oxidation sites excluding steroid dienone is 2. The van der Waals surface area contributed by atoms with Crippen molar-refractivity contribution in [1.29, 1.82) is 0 Å². The van der Waals surface area contributed by atoms with Crippen LogP contribution in [0, 0.1) is 0 Å². The number of thioether (sulfide) groups is 1. The van der Waals surface area contributed by atoms with Crippen molar-refractivity contribution in [2.45, 2.75) is 12.8 Å². The largest absolute Gasteiger partial charge is 0.341 e. The number of rotatable bonds is 4. The van der Waals surface area contributed by atoms with E-state index in [1.165, 1.54) is 16.7 Å². The number of amides is 2. The number of likely N-dealkylation sites (tertiary alicyclic amines) is 1. The fourth-order valence-corrected chi connectivity index (χ4v) is 3.87. The van der Waals surface area contributed by atoms with Crippen LogP contribution in [0.5, 0.6) is 0 Å². The van der Waals surface area contributed by atoms with Gasteiger partial charge >= 0.3 is 0 Å². The van der Waals surface area contributed by atoms with Gasteiger partial charge in [0, 0.05) is 13.1 Å². The number of benzene rings is 1. The molecule has 2 amide bonds. The molecule has 124 valence electrons. The summed E-state index contributed by atoms with van der Waals surface area (Å²) in [7, 11) is 0. The van der Waals surface area contributed by atoms with E-state index in [-0.39, 0.29) is 18.4 Å². The standard InChI is InChI=1S/C18H18N2O2S2/c21-16(19-11-4-5-12-19)13-20-17(22)15(24-18(20)23)10-6-9-14-7-2-1-3-8-14/h1-3,6-10H,4-5,11-13H2. The second-order valence-electron chi connectivity index (χ2n) is 5.65. The summed E-state index contributed by atoms with van der Waals surface area (Å²) in [5, 5.41) is 0. The normalized spacial score (nSPS) is 19.9. The molecule has 6 heteroatoms. The van der Waals surface area contributed by atoms with Crippen LogP contribution in [-0.4, -0.2) is 45.6 Å². The molecule has 0 unspecified atom stereocenters. The molecule has 1 aromatic carbocycles. The number of nitrogens with zero attached hydrogens (tertiary/aromatic N) is 2. The Labute approximate surface area is 151 Å². The average Bonchev–Trinajstić information content (AvgIpc) is 3.21. The Hall–Kier alpha value is -1.92. The van der Waals surface area contributed by atoms with Gasteiger partial charge < -0.3 is 4.90 Å². The quantitative estimate of drug-likeness (QED) is 0.613. The van der Waals surface area contributed by atoms with Crippen LogP contribution in [0.25, 0.3) is 6.08 Å². The first kappa shape index (κ1) is 16.9. The lowest BCUT2D eigenvalue weighted by atomic mass is 10.2. The molecule has 0 saturated carbocycles. The smallest absolute Gasteiger partial charge is 0.266 e. The molecule has 0 aromatic heterocycles. The third-order valence-electron chi connectivity index (χ3n) is 3.96. The third-order valence-corrected chi connectivity index (χ3v) is 5.36. The highest BCUT2D eigenvalue weighted by Crippen LogP contribution is 2.31. The summed E-state index contributed by atoms with van der Waals surface area (Å²) in [5.74, 6) is -0.208. The fourth-order valence-electron chi connectivity index (χ4n) is 2.66. The van der Waals surface area contributed by atoms with E-state index in [0.717, 1.165) is 31.5 Å². The van der Waals surface area contributed by atoms with Gasteiger partial charge in [-0.2, -0.15) is 0 Å². The third kappa shape index (κ3) is 3.94. The highest BCUT2D eigenvalue weighted by Gasteiger charge is 2.34. The van der Waals surface area contributed by atoms with E-state index in [9.17, 15) is 9.59 Å². The van der Waals surface area contributed by atoms with Crippen LogP contribution in [0.15, 0.2) is 47.4 Å². The van der Waals surface area contributed by atoms with Crippen molar-refractivity contribution in [3.8, 4) is 0 Å². The van der Waals surface area contributed by atoms with Crippen molar-refractivity contribution in [3.05, 3.63) is 53.0 Å². The molecular weight excluding hydrogens is 340 g/mol. The molecule has 0 bridgehead atoms. The summed E-state index contributed by atoms with van der Waals surface area (Å²) in [6.07, 6.45) is 7.60. The van der Waals surface area contributed by atoms with Crippen molar-refractivity contribution in [3.63, 3.8) is 0 Å². The van der Waals surface area contributed by atoms with E-state index in [4.69, 9.17) is 12.2 Å². The Bertz CT molecular complexity index is 707. The maximum Gasteiger partial charge on any atom is 0.266 e. The van der Waals surface area contributed by atoms with Gasteiger partial charge in [0.1, 0.15) is 10.9 Å². The Morgan fingerprint density at radius 3 is 2.62 bits per heavy atom. The Kier molecular flexibility index (Phi) is 5.48. The molecule has 2 heterocycles. The van der Waals surface area contributed by atoms with E-state index in [1.807, 2.05) is 42.5 Å². The highest BCUT2D eigenvalue weighted by molar-refractivity contribution is 8.26. The summed E-state index contributed by atoms with van der Waals surface area (Å²) >= 11 is 6.51. The SMILES string of the molecule is O=C(CN1C(=O)C(=CC=Cc2ccccc2)SC1=S)N1CCCC1. The maximum absolute atomic E-state index is 12.5. The minimum absolute atomic E-state index is 0.0233. The van der Waals surface area contributed by atoms with Crippen molar-refractivity contribution < 1.29 is 9.59 Å². The molecule has 0 N–H and O–H groups in total. The second-order valence-corrected chi connectivity index (χ2v) is 7.32. The predicted octanol–water partition coefficient (Wildman–Crippen LogP) is 3.07. The van der Waals surface area contributed by atoms with E-state index in [0.29, 0.717) is 9.23 Å². The summed E-state index contributed by atoms with van der Waals surface area (Å²) < 4.78 is 0.451. The lowest BCUT2D eigenvalue weighted by Gasteiger charge is -2.19. The lowest BCUT2D eigenvalue weighted by Crippen LogP contribution is -2.40. The summed E-state index contributed by atoms with van der Waals surface area (Å²) in [6.45, 7) is 1.61. The Morgan fingerprint density at radius 2 is 1.92 bits per heavy atom. The highest BCUT2D eigenvalue weighted by atomic mass is 32.2. The minimum Gasteiger partial charge on any atom is -0.341 e. The van der Waals surface area contributed by atoms with Gasteiger partial charge in [0.25, 0.3) is 5.91 Å². The summed E-state index contributed by atoms with van der Waals surface area (Å²) in [5.41, 5.74) is 1.06. The van der Waals surface area contributed by atoms with Crippen LogP contribution in [0.3, 0.4) is 0 Å². The van der Waals surface area contributed by atoms with Crippen LogP contribution in [-0.2, 0) is 9.59 Å². The molecule has 0 spiro atoms. The molecule has 3 rings (SSSR count). The van der Waals surface area contributed by atoms with Crippen molar-refractivity contribution in [2.75, 3.05) is 19.6 Å². The molecule has 4 nitrogen and oxygen atoms in total. The molecule has 2 saturated heterocycles. The van der Waals surface area contributed by atoms with E-state index >= 15 is 0 Å². The summed E-state index contributed by atoms with van der Waals surface area (Å²) in [4.78, 5) is 28.4. The van der Waals surface area contributed by atoms with Gasteiger partial charge in [-0.1, -0.05) is 66.5 Å². The van der Waals surface area contributed by atoms with Crippen molar-refractivity contribution >= 4 is 46.2 Å². The molecule has 0 aliphatic carbocycles. The predicted molar refractivity (Wildman–Crippen MR) is 101 cm³/mol. The molecule has 2 aliphatic rings. The Balaban J connectivity index is 1.64. The van der Waals surface area contributed by atoms with Gasteiger partial charge in [-0.3, -0.25) is 14.5 Å². The van der Waals surface area contributed by atoms with Gasteiger partial charge in [-0.05, 0) is 24.5 Å². The van der Waals surface area contributed by atoms with E-state index < -0.39 is 0 Å². The zero-order valence-electron chi connectivity index (χ0n) is 13.2. The first-order valence-electron chi connectivity index (χ1n) is 7.90. The maximum atomic E-state index is 12.5. The first-order chi connectivity index (χ1) is 11.6. The van der Waals surface area contributed by atoms with E-state index in [2.05, 4.69) is 0 Å². The first-order valence-corrected chi connectivity index (χ1v) is 9.12. The molecular formula is C18H18N2O2S2. The number of hydrogen-bond donors (Lipinski definition) is 0. The Morgan fingerprint density at radius 1 is 1.21 bits per heavy atom. The van der Waals surface area contributed by atoms with E-state index in [1.54, 1.807) is 11.0 Å². The van der Waals surface area contributed by atoms with Crippen LogP contribution in [0.1, 0.15) is 18.4 Å². The minimum atomic E-state index is -0.185. The van der Waals surface area contributed by atoms with Gasteiger partial charge in [0.05, 0.1) is 4.91 Å². The molecule has 0 radical (unpaired) electrons. The molecule has 2 fully saturated rings. The van der Waals surface area contributed by atoms with Crippen LogP contribution >= 0.6 is 24.0 Å². The molecule has 0 atom stereocenters. The molecule has 1 aromatic rings. The zero-order valence-corrected chi connectivity index (χ0v) is 14.8. The number of carbonyl (C=O) groups is 2. The lowest BCUT2D eigenvalue weighted by molar-refractivity contribution is -0.134. The van der Waals surface area contributed by atoms with Crippen LogP contribution in [0.2, 0.25) is 0 Å². The van der Waals surface area contributed by atoms with Crippen molar-refractivity contribution in [1.82, 2.24) is 9.80 Å². The fraction of sp³-hybridized carbons (Fsp3) is 0.278. The van der Waals surface area contributed by atoms with Gasteiger partial charge in [-0.15, -0.1) is 0 Å². The van der Waals surface area contributed by atoms with Crippen LogP contribution < -0.4 is 0 Å². The number of hydrogen-bond acceptors (Lipinski definition) is 4. The number of thiocarbonyl (C=S) groups is 1. The van der Waals surface area contributed by atoms with Gasteiger partial charge in [0.2, 0.25) is 5.91 Å². The van der Waals surface area contributed by atoms with Crippen LogP contribution in [0.4, 0.5) is 0 Å².